The number of halogens is 1. The first kappa shape index (κ1) is 23.8. The summed E-state index contributed by atoms with van der Waals surface area (Å²) in [6, 6.07) is 8.54. The second-order valence-electron chi connectivity index (χ2n) is 7.41. The van der Waals surface area contributed by atoms with Crippen LogP contribution >= 0.6 is 24.2 Å². The van der Waals surface area contributed by atoms with Crippen LogP contribution in [0.2, 0.25) is 0 Å². The van der Waals surface area contributed by atoms with Crippen LogP contribution < -0.4 is 10.2 Å². The Labute approximate surface area is 184 Å². The van der Waals surface area contributed by atoms with Crippen molar-refractivity contribution in [3.8, 4) is 0 Å². The number of piperazine rings is 1. The lowest BCUT2D eigenvalue weighted by Gasteiger charge is -2.37. The van der Waals surface area contributed by atoms with Gasteiger partial charge in [-0.05, 0) is 43.7 Å². The van der Waals surface area contributed by atoms with Crippen LogP contribution in [0.15, 0.2) is 29.2 Å². The number of hydrogen-bond acceptors (Lipinski definition) is 5. The molecule has 2 aliphatic rings. The normalized spacial score (nSPS) is 17.4. The minimum absolute atomic E-state index is 0. The van der Waals surface area contributed by atoms with Gasteiger partial charge in [-0.25, -0.2) is 4.79 Å². The van der Waals surface area contributed by atoms with Crippen LogP contribution in [-0.2, 0) is 4.79 Å². The number of carbonyl (C=O) groups excluding carboxylic acids is 2. The Morgan fingerprint density at radius 1 is 1.00 bits per heavy atom. The van der Waals surface area contributed by atoms with Gasteiger partial charge in [-0.1, -0.05) is 25.5 Å². The zero-order valence-corrected chi connectivity index (χ0v) is 18.9. The lowest BCUT2D eigenvalue weighted by molar-refractivity contribution is -0.125. The van der Waals surface area contributed by atoms with Gasteiger partial charge in [-0.15, -0.1) is 24.2 Å². The molecule has 162 valence electrons. The van der Waals surface area contributed by atoms with Crippen molar-refractivity contribution in [3.05, 3.63) is 24.3 Å². The van der Waals surface area contributed by atoms with Crippen LogP contribution in [-0.4, -0.2) is 73.3 Å². The molecule has 0 spiro atoms. The molecule has 1 N–H and O–H groups in total. The summed E-state index contributed by atoms with van der Waals surface area (Å²) < 4.78 is 0. The number of nitrogens with one attached hydrogen (secondary N) is 1. The average Bonchev–Trinajstić information content (AvgIpc) is 3.04. The third-order valence-corrected chi connectivity index (χ3v) is 6.53. The third kappa shape index (κ3) is 6.79. The Balaban J connectivity index is 0.00000300. The van der Waals surface area contributed by atoms with Crippen LogP contribution in [0.25, 0.3) is 0 Å². The Morgan fingerprint density at radius 3 is 2.41 bits per heavy atom. The van der Waals surface area contributed by atoms with E-state index >= 15 is 0 Å². The van der Waals surface area contributed by atoms with E-state index in [2.05, 4.69) is 46.3 Å². The lowest BCUT2D eigenvalue weighted by Crippen LogP contribution is -2.46. The molecule has 2 aliphatic heterocycles. The van der Waals surface area contributed by atoms with Crippen molar-refractivity contribution >= 4 is 41.8 Å². The largest absolute Gasteiger partial charge is 0.368 e. The summed E-state index contributed by atoms with van der Waals surface area (Å²) in [6.45, 7) is 8.20. The number of para-hydroxylation sites is 1. The number of nitrogens with zero attached hydrogens (tertiary/aromatic N) is 3. The van der Waals surface area contributed by atoms with Crippen molar-refractivity contribution in [3.63, 3.8) is 0 Å². The summed E-state index contributed by atoms with van der Waals surface area (Å²) in [5.74, 6) is 1.08. The predicted molar refractivity (Wildman–Crippen MR) is 122 cm³/mol. The number of hydrogen-bond donors (Lipinski definition) is 1. The molecule has 1 aromatic rings. The van der Waals surface area contributed by atoms with Crippen molar-refractivity contribution in [1.29, 1.82) is 0 Å². The van der Waals surface area contributed by atoms with E-state index in [9.17, 15) is 9.59 Å². The quantitative estimate of drug-likeness (QED) is 0.343. The number of benzene rings is 1. The first-order chi connectivity index (χ1) is 13.7. The predicted octanol–water partition coefficient (Wildman–Crippen LogP) is 3.45. The van der Waals surface area contributed by atoms with Crippen LogP contribution in [0.3, 0.4) is 0 Å². The molecule has 29 heavy (non-hydrogen) atoms. The number of carbonyl (C=O) groups is 2. The van der Waals surface area contributed by atoms with Crippen molar-refractivity contribution in [1.82, 2.24) is 15.1 Å². The highest BCUT2D eigenvalue weighted by Gasteiger charge is 2.27. The third-order valence-electron chi connectivity index (χ3n) is 5.38. The molecule has 0 bridgehead atoms. The maximum absolute atomic E-state index is 11.6. The van der Waals surface area contributed by atoms with Crippen LogP contribution in [0.4, 0.5) is 10.5 Å². The Kier molecular flexibility index (Phi) is 10.1. The smallest absolute Gasteiger partial charge is 0.324 e. The van der Waals surface area contributed by atoms with Crippen molar-refractivity contribution < 1.29 is 9.59 Å². The first-order valence-electron chi connectivity index (χ1n) is 10.5. The van der Waals surface area contributed by atoms with Gasteiger partial charge in [0.15, 0.2) is 0 Å². The number of anilines is 1. The van der Waals surface area contributed by atoms with Gasteiger partial charge >= 0.3 is 6.03 Å². The highest BCUT2D eigenvalue weighted by atomic mass is 35.5. The molecule has 0 atom stereocenters. The van der Waals surface area contributed by atoms with Gasteiger partial charge in [0.25, 0.3) is 0 Å². The molecule has 8 heteroatoms. The fourth-order valence-corrected chi connectivity index (χ4v) is 4.84. The summed E-state index contributed by atoms with van der Waals surface area (Å²) >= 11 is 1.98. The second kappa shape index (κ2) is 12.3. The number of unbranched alkanes of at least 4 members (excludes halogenated alkanes) is 2. The number of rotatable bonds is 10. The molecular weight excluding hydrogens is 408 g/mol. The summed E-state index contributed by atoms with van der Waals surface area (Å²) in [6.07, 6.45) is 4.39. The number of urea groups is 1. The fraction of sp³-hybridized carbons (Fsp3) is 0.619. The molecule has 2 saturated heterocycles. The minimum Gasteiger partial charge on any atom is -0.368 e. The highest BCUT2D eigenvalue weighted by molar-refractivity contribution is 7.99. The molecule has 0 unspecified atom stereocenters. The monoisotopic (exact) mass is 440 g/mol. The van der Waals surface area contributed by atoms with E-state index in [1.54, 1.807) is 0 Å². The maximum atomic E-state index is 11.6. The number of amides is 3. The Hall–Kier alpha value is -1.44. The molecule has 0 aliphatic carbocycles. The van der Waals surface area contributed by atoms with E-state index in [1.165, 1.54) is 34.1 Å². The van der Waals surface area contributed by atoms with E-state index in [0.717, 1.165) is 45.6 Å². The van der Waals surface area contributed by atoms with Crippen molar-refractivity contribution in [2.45, 2.75) is 37.5 Å². The van der Waals surface area contributed by atoms with Crippen LogP contribution in [0.1, 0.15) is 32.6 Å². The molecule has 0 aromatic heterocycles. The molecule has 3 rings (SSSR count). The topological polar surface area (TPSA) is 55.9 Å². The van der Waals surface area contributed by atoms with E-state index in [4.69, 9.17) is 0 Å². The van der Waals surface area contributed by atoms with Crippen molar-refractivity contribution in [2.75, 3.05) is 56.5 Å². The molecule has 0 saturated carbocycles. The summed E-state index contributed by atoms with van der Waals surface area (Å²) in [5.41, 5.74) is 1.38. The highest BCUT2D eigenvalue weighted by Crippen LogP contribution is 2.31. The zero-order valence-electron chi connectivity index (χ0n) is 17.3. The van der Waals surface area contributed by atoms with E-state index in [1.807, 2.05) is 11.8 Å². The molecular formula is C21H33ClN4O2S. The maximum Gasteiger partial charge on any atom is 0.324 e. The number of thioether (sulfide) groups is 1. The molecule has 3 amide bonds. The minimum atomic E-state index is -0.242. The molecule has 0 radical (unpaired) electrons. The van der Waals surface area contributed by atoms with Crippen LogP contribution in [0, 0.1) is 0 Å². The van der Waals surface area contributed by atoms with Gasteiger partial charge in [-0.2, -0.15) is 0 Å². The first-order valence-corrected chi connectivity index (χ1v) is 11.4. The van der Waals surface area contributed by atoms with Crippen LogP contribution in [0.5, 0.6) is 0 Å². The molecule has 2 heterocycles. The van der Waals surface area contributed by atoms with Gasteiger partial charge < -0.3 is 10.2 Å². The van der Waals surface area contributed by atoms with Gasteiger partial charge in [-0.3, -0.25) is 14.6 Å². The lowest BCUT2D eigenvalue weighted by atomic mass is 10.2. The molecule has 1 aromatic carbocycles. The van der Waals surface area contributed by atoms with E-state index in [-0.39, 0.29) is 30.9 Å². The van der Waals surface area contributed by atoms with E-state index in [0.29, 0.717) is 6.54 Å². The zero-order chi connectivity index (χ0) is 19.8. The van der Waals surface area contributed by atoms with E-state index < -0.39 is 0 Å². The number of imide groups is 1. The van der Waals surface area contributed by atoms with Gasteiger partial charge in [0.2, 0.25) is 5.91 Å². The standard InChI is InChI=1S/C21H32N4O2S.ClH/c1-2-3-16-28-19-9-5-4-8-18(19)24-14-12-23(13-15-24)10-6-7-11-25-20(26)17-22-21(25)27;/h4-5,8-9H,2-3,6-7,10-17H2,1H3,(H,22,27);1H. The molecule has 2 fully saturated rings. The van der Waals surface area contributed by atoms with Crippen molar-refractivity contribution in [2.24, 2.45) is 0 Å². The summed E-state index contributed by atoms with van der Waals surface area (Å²) in [5, 5.41) is 2.57. The van der Waals surface area contributed by atoms with Gasteiger partial charge in [0, 0.05) is 37.6 Å². The second-order valence-corrected chi connectivity index (χ2v) is 8.55. The average molecular weight is 441 g/mol. The Morgan fingerprint density at radius 2 is 1.72 bits per heavy atom. The summed E-state index contributed by atoms with van der Waals surface area (Å²) in [7, 11) is 0. The summed E-state index contributed by atoms with van der Waals surface area (Å²) in [4.78, 5) is 30.9. The molecule has 6 nitrogen and oxygen atoms in total. The van der Waals surface area contributed by atoms with Gasteiger partial charge in [0.1, 0.15) is 0 Å². The Bertz CT molecular complexity index is 652. The SMILES string of the molecule is CCCCSc1ccccc1N1CCN(CCCCN2C(=O)CNC2=O)CC1.Cl. The fourth-order valence-electron chi connectivity index (χ4n) is 3.67. The van der Waals surface area contributed by atoms with Gasteiger partial charge in [0.05, 0.1) is 12.2 Å².